The molecule has 1 aromatic heterocycles. The summed E-state index contributed by atoms with van der Waals surface area (Å²) in [6.07, 6.45) is 2.05. The van der Waals surface area contributed by atoms with Crippen molar-refractivity contribution < 1.29 is 9.21 Å². The second kappa shape index (κ2) is 2.47. The van der Waals surface area contributed by atoms with Crippen molar-refractivity contribution in [1.82, 2.24) is 0 Å². The van der Waals surface area contributed by atoms with Gasteiger partial charge in [0.25, 0.3) is 0 Å². The number of hydrogen-bond acceptors (Lipinski definition) is 2. The summed E-state index contributed by atoms with van der Waals surface area (Å²) in [5, 5.41) is 0. The van der Waals surface area contributed by atoms with E-state index in [4.69, 9.17) is 4.42 Å². The fourth-order valence-corrected chi connectivity index (χ4v) is 1.60. The van der Waals surface area contributed by atoms with Gasteiger partial charge in [0.05, 0.1) is 5.56 Å². The van der Waals surface area contributed by atoms with Crippen LogP contribution in [0.25, 0.3) is 0 Å². The molecule has 0 aliphatic heterocycles. The molecule has 1 aliphatic rings. The van der Waals surface area contributed by atoms with Crippen molar-refractivity contribution >= 4 is 5.78 Å². The van der Waals surface area contributed by atoms with Crippen molar-refractivity contribution in [3.05, 3.63) is 23.2 Å². The van der Waals surface area contributed by atoms with Crippen molar-refractivity contribution in [3.8, 4) is 0 Å². The lowest BCUT2D eigenvalue weighted by Crippen LogP contribution is -2.11. The minimum absolute atomic E-state index is 0.0823. The molecular formula is C11H14O2. The SMILES string of the molecule is Cc1cc(C(=O)C2(C)CC2)c(C)o1. The maximum Gasteiger partial charge on any atom is 0.172 e. The molecule has 0 spiro atoms. The Morgan fingerprint density at radius 2 is 2.08 bits per heavy atom. The number of aryl methyl sites for hydroxylation is 2. The van der Waals surface area contributed by atoms with Crippen molar-refractivity contribution in [3.63, 3.8) is 0 Å². The van der Waals surface area contributed by atoms with Crippen molar-refractivity contribution in [1.29, 1.82) is 0 Å². The molecule has 2 rings (SSSR count). The van der Waals surface area contributed by atoms with E-state index in [9.17, 15) is 4.79 Å². The van der Waals surface area contributed by atoms with E-state index < -0.39 is 0 Å². The van der Waals surface area contributed by atoms with Gasteiger partial charge < -0.3 is 4.42 Å². The molecule has 0 radical (unpaired) electrons. The summed E-state index contributed by atoms with van der Waals surface area (Å²) in [5.74, 6) is 1.84. The molecule has 13 heavy (non-hydrogen) atoms. The van der Waals surface area contributed by atoms with Gasteiger partial charge >= 0.3 is 0 Å². The van der Waals surface area contributed by atoms with E-state index in [-0.39, 0.29) is 11.2 Å². The number of rotatable bonds is 2. The van der Waals surface area contributed by atoms with Gasteiger partial charge in [0.1, 0.15) is 11.5 Å². The van der Waals surface area contributed by atoms with E-state index in [0.717, 1.165) is 29.9 Å². The monoisotopic (exact) mass is 178 g/mol. The Hall–Kier alpha value is -1.05. The Morgan fingerprint density at radius 1 is 1.46 bits per heavy atom. The number of furan rings is 1. The molecule has 1 heterocycles. The zero-order chi connectivity index (χ0) is 9.64. The lowest BCUT2D eigenvalue weighted by atomic mass is 9.97. The third kappa shape index (κ3) is 1.30. The van der Waals surface area contributed by atoms with Gasteiger partial charge in [-0.2, -0.15) is 0 Å². The van der Waals surface area contributed by atoms with Crippen LogP contribution in [0.4, 0.5) is 0 Å². The van der Waals surface area contributed by atoms with Crippen LogP contribution in [-0.2, 0) is 0 Å². The van der Waals surface area contributed by atoms with Crippen LogP contribution in [0.3, 0.4) is 0 Å². The molecule has 1 saturated carbocycles. The third-order valence-corrected chi connectivity index (χ3v) is 2.83. The quantitative estimate of drug-likeness (QED) is 0.652. The van der Waals surface area contributed by atoms with Crippen LogP contribution in [0.15, 0.2) is 10.5 Å². The minimum atomic E-state index is -0.0823. The molecule has 0 amide bonds. The van der Waals surface area contributed by atoms with Crippen LogP contribution in [0.2, 0.25) is 0 Å². The molecule has 0 saturated heterocycles. The van der Waals surface area contributed by atoms with Crippen LogP contribution in [0.1, 0.15) is 41.6 Å². The Kier molecular flexibility index (Phi) is 1.62. The average molecular weight is 178 g/mol. The summed E-state index contributed by atoms with van der Waals surface area (Å²) in [7, 11) is 0. The minimum Gasteiger partial charge on any atom is -0.466 e. The lowest BCUT2D eigenvalue weighted by molar-refractivity contribution is 0.0911. The highest BCUT2D eigenvalue weighted by Crippen LogP contribution is 2.48. The maximum atomic E-state index is 11.9. The van der Waals surface area contributed by atoms with Gasteiger partial charge in [-0.25, -0.2) is 0 Å². The molecule has 0 aromatic carbocycles. The molecule has 0 N–H and O–H groups in total. The Labute approximate surface area is 77.9 Å². The first-order valence-corrected chi connectivity index (χ1v) is 4.65. The third-order valence-electron chi connectivity index (χ3n) is 2.83. The van der Waals surface area contributed by atoms with Gasteiger partial charge in [-0.3, -0.25) is 4.79 Å². The highest BCUT2D eigenvalue weighted by molar-refractivity contribution is 6.02. The normalized spacial score (nSPS) is 18.7. The van der Waals surface area contributed by atoms with E-state index in [1.54, 1.807) is 0 Å². The lowest BCUT2D eigenvalue weighted by Gasteiger charge is -2.04. The Balaban J connectivity index is 2.35. The van der Waals surface area contributed by atoms with Gasteiger partial charge in [-0.15, -0.1) is 0 Å². The molecule has 1 aliphatic carbocycles. The first kappa shape index (κ1) is 8.54. The first-order chi connectivity index (χ1) is 6.03. The highest BCUT2D eigenvalue weighted by Gasteiger charge is 2.45. The van der Waals surface area contributed by atoms with E-state index in [1.807, 2.05) is 26.8 Å². The second-order valence-corrected chi connectivity index (χ2v) is 4.22. The molecule has 0 unspecified atom stereocenters. The predicted octanol–water partition coefficient (Wildman–Crippen LogP) is 2.88. The van der Waals surface area contributed by atoms with Gasteiger partial charge in [0.2, 0.25) is 0 Å². The number of carbonyl (C=O) groups excluding carboxylic acids is 1. The number of carbonyl (C=O) groups is 1. The molecule has 70 valence electrons. The van der Waals surface area contributed by atoms with Crippen molar-refractivity contribution in [2.24, 2.45) is 5.41 Å². The van der Waals surface area contributed by atoms with Gasteiger partial charge in [0.15, 0.2) is 5.78 Å². The van der Waals surface area contributed by atoms with Crippen molar-refractivity contribution in [2.75, 3.05) is 0 Å². The summed E-state index contributed by atoms with van der Waals surface area (Å²) in [5.41, 5.74) is 0.693. The van der Waals surface area contributed by atoms with E-state index in [0.29, 0.717) is 0 Å². The van der Waals surface area contributed by atoms with Gasteiger partial charge in [-0.1, -0.05) is 6.92 Å². The van der Waals surface area contributed by atoms with Crippen LogP contribution < -0.4 is 0 Å². The van der Waals surface area contributed by atoms with Crippen molar-refractivity contribution in [2.45, 2.75) is 33.6 Å². The number of ketones is 1. The summed E-state index contributed by atoms with van der Waals surface area (Å²) >= 11 is 0. The summed E-state index contributed by atoms with van der Waals surface area (Å²) in [4.78, 5) is 11.9. The number of Topliss-reactive ketones (excluding diaryl/α,β-unsaturated/α-hetero) is 1. The molecule has 2 nitrogen and oxygen atoms in total. The molecule has 1 fully saturated rings. The summed E-state index contributed by atoms with van der Waals surface area (Å²) in [6.45, 7) is 5.75. The van der Waals surface area contributed by atoms with Crippen LogP contribution >= 0.6 is 0 Å². The zero-order valence-corrected chi connectivity index (χ0v) is 8.31. The zero-order valence-electron chi connectivity index (χ0n) is 8.31. The maximum absolute atomic E-state index is 11.9. The smallest absolute Gasteiger partial charge is 0.172 e. The molecular weight excluding hydrogens is 164 g/mol. The summed E-state index contributed by atoms with van der Waals surface area (Å²) in [6, 6.07) is 1.85. The standard InChI is InChI=1S/C11H14O2/c1-7-6-9(8(2)13-7)10(12)11(3)4-5-11/h6H,4-5H2,1-3H3. The first-order valence-electron chi connectivity index (χ1n) is 4.65. The van der Waals surface area contributed by atoms with E-state index >= 15 is 0 Å². The summed E-state index contributed by atoms with van der Waals surface area (Å²) < 4.78 is 5.34. The fraction of sp³-hybridized carbons (Fsp3) is 0.545. The second-order valence-electron chi connectivity index (χ2n) is 4.22. The molecule has 1 aromatic rings. The largest absolute Gasteiger partial charge is 0.466 e. The topological polar surface area (TPSA) is 30.2 Å². The predicted molar refractivity (Wildman–Crippen MR) is 49.9 cm³/mol. The van der Waals surface area contributed by atoms with E-state index in [2.05, 4.69) is 0 Å². The van der Waals surface area contributed by atoms with Crippen LogP contribution in [0.5, 0.6) is 0 Å². The number of hydrogen-bond donors (Lipinski definition) is 0. The highest BCUT2D eigenvalue weighted by atomic mass is 16.3. The molecule has 0 bridgehead atoms. The van der Waals surface area contributed by atoms with Crippen LogP contribution in [-0.4, -0.2) is 5.78 Å². The van der Waals surface area contributed by atoms with Gasteiger partial charge in [0, 0.05) is 5.41 Å². The Bertz CT molecular complexity index is 356. The van der Waals surface area contributed by atoms with E-state index in [1.165, 1.54) is 0 Å². The van der Waals surface area contributed by atoms with Gasteiger partial charge in [-0.05, 0) is 32.8 Å². The average Bonchev–Trinajstić information content (AvgIpc) is 2.71. The molecule has 0 atom stereocenters. The Morgan fingerprint density at radius 3 is 2.46 bits per heavy atom. The van der Waals surface area contributed by atoms with Crippen LogP contribution in [0, 0.1) is 19.3 Å². The fourth-order valence-electron chi connectivity index (χ4n) is 1.60. The molecule has 2 heteroatoms.